The van der Waals surface area contributed by atoms with Gasteiger partial charge in [0.2, 0.25) is 11.8 Å². The summed E-state index contributed by atoms with van der Waals surface area (Å²) >= 11 is 0. The number of rotatable bonds is 4. The van der Waals surface area contributed by atoms with Crippen LogP contribution in [-0.2, 0) is 14.3 Å². The van der Waals surface area contributed by atoms with Gasteiger partial charge in [-0.1, -0.05) is 36.4 Å². The van der Waals surface area contributed by atoms with Crippen LogP contribution in [0.5, 0.6) is 5.88 Å². The number of aromatic nitrogens is 1. The molecule has 9 heteroatoms. The molecule has 1 atom stereocenters. The monoisotopic (exact) mass is 485 g/mol. The van der Waals surface area contributed by atoms with Crippen LogP contribution in [0.3, 0.4) is 0 Å². The number of ether oxygens (including phenoxy) is 2. The number of allylic oxidation sites excluding steroid dienone is 3. The summed E-state index contributed by atoms with van der Waals surface area (Å²) in [5.41, 5.74) is 1.37. The Morgan fingerprint density at radius 3 is 3.03 bits per heavy atom. The number of amides is 2. The lowest BCUT2D eigenvalue weighted by molar-refractivity contribution is -0.119. The zero-order chi connectivity index (χ0) is 25.2. The Kier molecular flexibility index (Phi) is 8.27. The molecule has 1 aromatic heterocycles. The SMILES string of the molecule is CC=CC(=O)NCNC(=O)C1=CC2CN1C=CN=COCC=CC=Cc1ccc3ccnc(c3c1)O2. The lowest BCUT2D eigenvalue weighted by atomic mass is 10.1. The van der Waals surface area contributed by atoms with Gasteiger partial charge in [-0.2, -0.15) is 0 Å². The number of hydrogen-bond donors (Lipinski definition) is 2. The maximum atomic E-state index is 12.9. The van der Waals surface area contributed by atoms with Gasteiger partial charge < -0.3 is 25.0 Å². The highest BCUT2D eigenvalue weighted by molar-refractivity contribution is 5.94. The molecule has 0 radical (unpaired) electrons. The topological polar surface area (TPSA) is 105 Å². The van der Waals surface area contributed by atoms with E-state index < -0.39 is 6.10 Å². The van der Waals surface area contributed by atoms with Crippen molar-refractivity contribution in [3.05, 3.63) is 90.6 Å². The lowest BCUT2D eigenvalue weighted by Gasteiger charge is -2.18. The van der Waals surface area contributed by atoms with Crippen LogP contribution < -0.4 is 15.4 Å². The van der Waals surface area contributed by atoms with Crippen molar-refractivity contribution in [3.63, 3.8) is 0 Å². The number of aliphatic imine (C=N–C) groups is 1. The largest absolute Gasteiger partial charge is 0.479 e. The molecule has 0 saturated heterocycles. The number of hydrogen-bond acceptors (Lipinski definition) is 7. The Hall–Kier alpha value is -4.66. The first-order valence-corrected chi connectivity index (χ1v) is 11.5. The van der Waals surface area contributed by atoms with Gasteiger partial charge in [-0.25, -0.2) is 9.98 Å². The minimum absolute atomic E-state index is 0.0108. The van der Waals surface area contributed by atoms with E-state index in [0.717, 1.165) is 16.3 Å². The minimum Gasteiger partial charge on any atom is -0.479 e. The molecule has 0 aliphatic carbocycles. The molecule has 1 aromatic carbocycles. The number of carbonyl (C=O) groups is 2. The first-order valence-electron chi connectivity index (χ1n) is 11.5. The molecule has 0 spiro atoms. The zero-order valence-corrected chi connectivity index (χ0v) is 19.8. The highest BCUT2D eigenvalue weighted by Crippen LogP contribution is 2.28. The highest BCUT2D eigenvalue weighted by atomic mass is 16.5. The molecule has 0 fully saturated rings. The summed E-state index contributed by atoms with van der Waals surface area (Å²) in [7, 11) is 0. The van der Waals surface area contributed by atoms with E-state index >= 15 is 0 Å². The summed E-state index contributed by atoms with van der Waals surface area (Å²) in [5, 5.41) is 7.17. The van der Waals surface area contributed by atoms with E-state index in [0.29, 0.717) is 24.7 Å². The molecule has 4 bridgehead atoms. The summed E-state index contributed by atoms with van der Waals surface area (Å²) in [4.78, 5) is 34.8. The Bertz CT molecular complexity index is 1290. The maximum absolute atomic E-state index is 12.9. The number of benzene rings is 1. The Morgan fingerprint density at radius 1 is 1.22 bits per heavy atom. The van der Waals surface area contributed by atoms with Crippen LogP contribution in [0.15, 0.2) is 90.0 Å². The van der Waals surface area contributed by atoms with Gasteiger partial charge in [-0.05, 0) is 48.2 Å². The molecule has 4 rings (SSSR count). The second-order valence-electron chi connectivity index (χ2n) is 7.85. The fraction of sp³-hybridized carbons (Fsp3) is 0.185. The quantitative estimate of drug-likeness (QED) is 0.510. The van der Waals surface area contributed by atoms with Crippen molar-refractivity contribution in [1.82, 2.24) is 20.5 Å². The van der Waals surface area contributed by atoms with Gasteiger partial charge in [0.25, 0.3) is 5.91 Å². The second kappa shape index (κ2) is 12.2. The van der Waals surface area contributed by atoms with E-state index in [1.165, 1.54) is 18.7 Å². The normalized spacial score (nSPS) is 17.4. The highest BCUT2D eigenvalue weighted by Gasteiger charge is 2.28. The number of nitrogens with zero attached hydrogens (tertiary/aromatic N) is 3. The van der Waals surface area contributed by atoms with E-state index in [-0.39, 0.29) is 18.5 Å². The first kappa shape index (κ1) is 24.5. The summed E-state index contributed by atoms with van der Waals surface area (Å²) in [6.07, 6.45) is 18.2. The van der Waals surface area contributed by atoms with Crippen LogP contribution >= 0.6 is 0 Å². The molecule has 2 aromatic rings. The fourth-order valence-corrected chi connectivity index (χ4v) is 3.64. The smallest absolute Gasteiger partial charge is 0.269 e. The molecule has 2 aliphatic rings. The minimum atomic E-state index is -0.438. The molecule has 184 valence electrons. The predicted octanol–water partition coefficient (Wildman–Crippen LogP) is 3.05. The molecule has 2 amide bonds. The Labute approximate surface area is 209 Å². The van der Waals surface area contributed by atoms with Crippen LogP contribution in [0, 0.1) is 0 Å². The average Bonchev–Trinajstić information content (AvgIpc) is 3.27. The summed E-state index contributed by atoms with van der Waals surface area (Å²) in [6, 6.07) is 7.99. The molecule has 2 aliphatic heterocycles. The van der Waals surface area contributed by atoms with Crippen molar-refractivity contribution < 1.29 is 19.1 Å². The van der Waals surface area contributed by atoms with Crippen LogP contribution in [-0.4, -0.2) is 54.0 Å². The number of nitrogens with one attached hydrogen (secondary N) is 2. The maximum Gasteiger partial charge on any atom is 0.269 e. The second-order valence-corrected chi connectivity index (χ2v) is 7.85. The third-order valence-electron chi connectivity index (χ3n) is 5.31. The molecular weight excluding hydrogens is 458 g/mol. The van der Waals surface area contributed by atoms with E-state index in [4.69, 9.17) is 9.47 Å². The molecule has 0 saturated carbocycles. The third kappa shape index (κ3) is 6.47. The van der Waals surface area contributed by atoms with Crippen molar-refractivity contribution in [2.24, 2.45) is 4.99 Å². The van der Waals surface area contributed by atoms with Crippen LogP contribution in [0.2, 0.25) is 0 Å². The molecule has 2 N–H and O–H groups in total. The van der Waals surface area contributed by atoms with E-state index in [2.05, 4.69) is 20.6 Å². The molecule has 36 heavy (non-hydrogen) atoms. The van der Waals surface area contributed by atoms with E-state index in [1.807, 2.05) is 48.6 Å². The van der Waals surface area contributed by atoms with Crippen molar-refractivity contribution in [3.8, 4) is 5.88 Å². The summed E-state index contributed by atoms with van der Waals surface area (Å²) in [6.45, 7) is 2.48. The van der Waals surface area contributed by atoms with Crippen LogP contribution in [0.1, 0.15) is 12.5 Å². The summed E-state index contributed by atoms with van der Waals surface area (Å²) < 4.78 is 11.6. The van der Waals surface area contributed by atoms with Gasteiger partial charge in [-0.15, -0.1) is 0 Å². The lowest BCUT2D eigenvalue weighted by Crippen LogP contribution is -2.39. The van der Waals surface area contributed by atoms with E-state index in [9.17, 15) is 9.59 Å². The summed E-state index contributed by atoms with van der Waals surface area (Å²) in [5.74, 6) is -0.169. The van der Waals surface area contributed by atoms with Crippen LogP contribution in [0.4, 0.5) is 0 Å². The molecular formula is C27H27N5O4. The molecule has 3 heterocycles. The van der Waals surface area contributed by atoms with Gasteiger partial charge in [-0.3, -0.25) is 9.59 Å². The van der Waals surface area contributed by atoms with Crippen molar-refractivity contribution >= 4 is 35.1 Å². The standard InChI is InChI=1S/C27H27N5O4/c1-2-6-25(33)30-18-31-26(34)24-16-22-17-32(24)13-12-28-19-35-14-5-3-4-7-20-8-9-21-10-11-29-27(36-22)23(21)15-20/h2-13,15-16,19,22H,14,17-18H2,1H3,(H,30,33)(H,31,34). The van der Waals surface area contributed by atoms with Gasteiger partial charge >= 0.3 is 0 Å². The molecule has 1 unspecified atom stereocenters. The van der Waals surface area contributed by atoms with Gasteiger partial charge in [0.1, 0.15) is 18.4 Å². The van der Waals surface area contributed by atoms with Crippen molar-refractivity contribution in [2.75, 3.05) is 19.8 Å². The number of pyridine rings is 1. The van der Waals surface area contributed by atoms with Gasteiger partial charge in [0, 0.05) is 24.0 Å². The Morgan fingerprint density at radius 2 is 2.14 bits per heavy atom. The van der Waals surface area contributed by atoms with Crippen molar-refractivity contribution in [2.45, 2.75) is 13.0 Å². The molecule has 9 nitrogen and oxygen atoms in total. The number of fused-ring (bicyclic) bond motifs is 3. The van der Waals surface area contributed by atoms with Gasteiger partial charge in [0.15, 0.2) is 6.40 Å². The van der Waals surface area contributed by atoms with E-state index in [1.54, 1.807) is 36.4 Å². The van der Waals surface area contributed by atoms with Gasteiger partial charge in [0.05, 0.1) is 13.2 Å². The zero-order valence-electron chi connectivity index (χ0n) is 19.8. The number of carbonyl (C=O) groups excluding carboxylic acids is 2. The first-order chi connectivity index (χ1) is 17.6. The fourth-order valence-electron chi connectivity index (χ4n) is 3.64. The van der Waals surface area contributed by atoms with Crippen LogP contribution in [0.25, 0.3) is 16.8 Å². The predicted molar refractivity (Wildman–Crippen MR) is 139 cm³/mol. The van der Waals surface area contributed by atoms with Crippen molar-refractivity contribution in [1.29, 1.82) is 0 Å². The third-order valence-corrected chi connectivity index (χ3v) is 5.31. The average molecular weight is 486 g/mol. The Balaban J connectivity index is 1.60.